The van der Waals surface area contributed by atoms with Crippen LogP contribution >= 0.6 is 0 Å². The lowest BCUT2D eigenvalue weighted by atomic mass is 10.2. The van der Waals surface area contributed by atoms with Gasteiger partial charge in [0.15, 0.2) is 5.65 Å². The summed E-state index contributed by atoms with van der Waals surface area (Å²) < 4.78 is 55.0. The molecule has 0 radical (unpaired) electrons. The highest BCUT2D eigenvalue weighted by Gasteiger charge is 2.23. The van der Waals surface area contributed by atoms with Crippen LogP contribution in [0.15, 0.2) is 72.2 Å². The highest BCUT2D eigenvalue weighted by atomic mass is 32.2. The van der Waals surface area contributed by atoms with Crippen molar-refractivity contribution in [3.05, 3.63) is 89.1 Å². The maximum Gasteiger partial charge on any atom is 0.392 e. The number of aromatic nitrogens is 3. The lowest BCUT2D eigenvalue weighted by molar-refractivity contribution is -0.125. The fourth-order valence-electron chi connectivity index (χ4n) is 3.20. The highest BCUT2D eigenvalue weighted by molar-refractivity contribution is 7.84. The number of carbonyl (C=O) groups is 1. The Balaban J connectivity index is 0.000000687. The maximum absolute atomic E-state index is 12.7. The predicted molar refractivity (Wildman–Crippen MR) is 163 cm³/mol. The number of hydrogen-bond donors (Lipinski definition) is 1. The minimum absolute atomic E-state index is 0.0411. The van der Waals surface area contributed by atoms with Gasteiger partial charge in [-0.05, 0) is 43.3 Å². The zero-order chi connectivity index (χ0) is 33.0. The van der Waals surface area contributed by atoms with Gasteiger partial charge in [0.05, 0.1) is 36.3 Å². The SMILES string of the molecule is C=C(C)CC(=O)NCCS(=O)CC.C=CCC(F)(F)F.CCc1nc2ncccc2c(=O)n1-c1ccc(C#N)cc1.CF. The Morgan fingerprint density at radius 3 is 2.28 bits per heavy atom. The first-order valence-corrected chi connectivity index (χ1v) is 14.5. The third-order valence-corrected chi connectivity index (χ3v) is 6.40. The number of rotatable bonds is 9. The maximum atomic E-state index is 12.7. The van der Waals surface area contributed by atoms with E-state index in [1.54, 1.807) is 47.2 Å². The first-order chi connectivity index (χ1) is 20.4. The topological polar surface area (TPSA) is 118 Å². The number of fused-ring (bicyclic) bond motifs is 1. The van der Waals surface area contributed by atoms with Crippen LogP contribution in [0.3, 0.4) is 0 Å². The molecule has 2 heterocycles. The van der Waals surface area contributed by atoms with Gasteiger partial charge in [-0.25, -0.2) is 9.97 Å². The van der Waals surface area contributed by atoms with Crippen molar-refractivity contribution in [2.75, 3.05) is 25.2 Å². The van der Waals surface area contributed by atoms with E-state index in [1.807, 2.05) is 20.8 Å². The first-order valence-electron chi connectivity index (χ1n) is 13.0. The Morgan fingerprint density at radius 1 is 1.19 bits per heavy atom. The van der Waals surface area contributed by atoms with Crippen molar-refractivity contribution in [1.82, 2.24) is 19.9 Å². The summed E-state index contributed by atoms with van der Waals surface area (Å²) in [6.45, 7) is 12.7. The molecule has 1 N–H and O–H groups in total. The number of nitriles is 1. The molecule has 0 saturated heterocycles. The molecular weight excluding hydrogens is 586 g/mol. The van der Waals surface area contributed by atoms with E-state index < -0.39 is 23.4 Å². The van der Waals surface area contributed by atoms with Crippen molar-refractivity contribution in [3.8, 4) is 11.8 Å². The molecule has 234 valence electrons. The van der Waals surface area contributed by atoms with E-state index in [1.165, 1.54) is 0 Å². The Morgan fingerprint density at radius 2 is 1.81 bits per heavy atom. The van der Waals surface area contributed by atoms with Gasteiger partial charge in [-0.1, -0.05) is 32.1 Å². The van der Waals surface area contributed by atoms with Gasteiger partial charge >= 0.3 is 6.18 Å². The molecule has 1 unspecified atom stereocenters. The third-order valence-electron chi connectivity index (χ3n) is 5.10. The van der Waals surface area contributed by atoms with E-state index in [-0.39, 0.29) is 11.5 Å². The summed E-state index contributed by atoms with van der Waals surface area (Å²) in [5, 5.41) is 12.0. The Labute approximate surface area is 251 Å². The molecule has 2 aromatic heterocycles. The number of benzene rings is 1. The smallest absolute Gasteiger partial charge is 0.355 e. The van der Waals surface area contributed by atoms with Crippen LogP contribution < -0.4 is 10.9 Å². The molecule has 0 spiro atoms. The van der Waals surface area contributed by atoms with Crippen molar-refractivity contribution in [3.63, 3.8) is 0 Å². The van der Waals surface area contributed by atoms with E-state index in [9.17, 15) is 31.4 Å². The second-order valence-corrected chi connectivity index (χ2v) is 10.4. The standard InChI is InChI=1S/C16H12N4O.C9H17NO2S.C4H5F3.CH3F/c1-2-14-19-15-13(4-3-9-18-15)16(21)20(14)12-7-5-11(10-17)6-8-12;1-4-13(12)6-5-10-9(11)7-8(2)3;1-2-3-4(5,6)7;1-2/h3-9H,2H2,1H3;2,4-7H2,1,3H3,(H,10,11);2H,1,3H2;1H3. The number of aryl methyl sites for hydroxylation is 1. The number of pyridine rings is 1. The summed E-state index contributed by atoms with van der Waals surface area (Å²) in [4.78, 5) is 32.3. The van der Waals surface area contributed by atoms with Gasteiger partial charge in [0, 0.05) is 47.9 Å². The van der Waals surface area contributed by atoms with Crippen LogP contribution in [-0.2, 0) is 22.0 Å². The van der Waals surface area contributed by atoms with Crippen molar-refractivity contribution in [2.45, 2.75) is 46.2 Å². The number of allylic oxidation sites excluding steroid dienone is 1. The van der Waals surface area contributed by atoms with Gasteiger partial charge in [0.2, 0.25) is 5.91 Å². The number of hydrogen-bond acceptors (Lipinski definition) is 6. The Bertz CT molecular complexity index is 1450. The average molecular weight is 624 g/mol. The molecule has 8 nitrogen and oxygen atoms in total. The summed E-state index contributed by atoms with van der Waals surface area (Å²) in [5.41, 5.74) is 2.42. The molecule has 0 aliphatic carbocycles. The zero-order valence-corrected chi connectivity index (χ0v) is 25.5. The van der Waals surface area contributed by atoms with Crippen molar-refractivity contribution >= 4 is 27.7 Å². The third kappa shape index (κ3) is 15.0. The van der Waals surface area contributed by atoms with E-state index in [0.29, 0.717) is 66.2 Å². The quantitative estimate of drug-likeness (QED) is 0.239. The van der Waals surface area contributed by atoms with Crippen molar-refractivity contribution < 1.29 is 26.6 Å². The summed E-state index contributed by atoms with van der Waals surface area (Å²) in [6.07, 6.45) is -1.53. The molecule has 1 amide bonds. The molecule has 43 heavy (non-hydrogen) atoms. The van der Waals surface area contributed by atoms with Crippen LogP contribution in [-0.4, -0.2) is 56.1 Å². The van der Waals surface area contributed by atoms with E-state index in [0.717, 1.165) is 11.6 Å². The summed E-state index contributed by atoms with van der Waals surface area (Å²) in [7, 11) is -0.293. The van der Waals surface area contributed by atoms with Crippen LogP contribution in [0.25, 0.3) is 16.7 Å². The minimum atomic E-state index is -4.07. The fraction of sp³-hybridized carbons (Fsp3) is 0.367. The molecule has 0 saturated carbocycles. The van der Waals surface area contributed by atoms with Gasteiger partial charge in [-0.2, -0.15) is 18.4 Å². The normalized spacial score (nSPS) is 10.8. The van der Waals surface area contributed by atoms with Crippen LogP contribution in [0.5, 0.6) is 0 Å². The molecule has 13 heteroatoms. The summed E-state index contributed by atoms with van der Waals surface area (Å²) in [6, 6.07) is 12.4. The monoisotopic (exact) mass is 623 g/mol. The molecule has 0 bridgehead atoms. The van der Waals surface area contributed by atoms with Crippen molar-refractivity contribution in [2.24, 2.45) is 0 Å². The molecule has 3 rings (SSSR count). The van der Waals surface area contributed by atoms with Gasteiger partial charge in [0.1, 0.15) is 5.82 Å². The highest BCUT2D eigenvalue weighted by Crippen LogP contribution is 2.18. The minimum Gasteiger partial charge on any atom is -0.355 e. The van der Waals surface area contributed by atoms with E-state index in [2.05, 4.69) is 34.5 Å². The fourth-order valence-corrected chi connectivity index (χ4v) is 3.82. The first kappa shape index (κ1) is 38.8. The van der Waals surface area contributed by atoms with E-state index in [4.69, 9.17) is 5.26 Å². The predicted octanol–water partition coefficient (Wildman–Crippen LogP) is 5.76. The molecule has 0 aliphatic rings. The molecular formula is C30H37F4N5O3S. The van der Waals surface area contributed by atoms with Crippen molar-refractivity contribution in [1.29, 1.82) is 5.26 Å². The number of halogens is 4. The average Bonchev–Trinajstić information content (AvgIpc) is 2.98. The van der Waals surface area contributed by atoms with Gasteiger partial charge in [-0.15, -0.1) is 6.58 Å². The Kier molecular flexibility index (Phi) is 18.6. The van der Waals surface area contributed by atoms with Gasteiger partial charge in [0.25, 0.3) is 5.56 Å². The van der Waals surface area contributed by atoms with Gasteiger partial charge < -0.3 is 5.32 Å². The molecule has 1 atom stereocenters. The number of carbonyl (C=O) groups excluding carboxylic acids is 1. The molecule has 3 aromatic rings. The largest absolute Gasteiger partial charge is 0.392 e. The second-order valence-electron chi connectivity index (χ2n) is 8.58. The van der Waals surface area contributed by atoms with Gasteiger partial charge in [-0.3, -0.25) is 22.8 Å². The summed E-state index contributed by atoms with van der Waals surface area (Å²) >= 11 is 0. The lowest BCUT2D eigenvalue weighted by Crippen LogP contribution is -2.27. The van der Waals surface area contributed by atoms with Crippen LogP contribution in [0.4, 0.5) is 17.6 Å². The van der Waals surface area contributed by atoms with Crippen LogP contribution in [0.1, 0.15) is 45.0 Å². The lowest BCUT2D eigenvalue weighted by Gasteiger charge is -2.11. The molecule has 0 fully saturated rings. The number of nitrogens with one attached hydrogen (secondary N) is 1. The number of alkyl halides is 4. The van der Waals surface area contributed by atoms with Crippen LogP contribution in [0.2, 0.25) is 0 Å². The number of nitrogens with zero attached hydrogens (tertiary/aromatic N) is 4. The van der Waals surface area contributed by atoms with Crippen LogP contribution in [0, 0.1) is 11.3 Å². The molecule has 1 aromatic carbocycles. The van der Waals surface area contributed by atoms with E-state index >= 15 is 0 Å². The number of amides is 1. The second kappa shape index (κ2) is 20.7. The summed E-state index contributed by atoms with van der Waals surface area (Å²) in [5.74, 6) is 1.80. The zero-order valence-electron chi connectivity index (χ0n) is 24.7. The molecule has 0 aliphatic heterocycles. The Hall–Kier alpha value is -4.18.